The summed E-state index contributed by atoms with van der Waals surface area (Å²) in [5.74, 6) is -0.417. The van der Waals surface area contributed by atoms with Crippen LogP contribution in [0.4, 0.5) is 5.69 Å². The first-order valence-electron chi connectivity index (χ1n) is 8.55. The smallest absolute Gasteiger partial charge is 0.237 e. The van der Waals surface area contributed by atoms with E-state index in [-0.39, 0.29) is 23.1 Å². The summed E-state index contributed by atoms with van der Waals surface area (Å²) in [6.07, 6.45) is 2.71. The van der Waals surface area contributed by atoms with Crippen molar-refractivity contribution in [1.29, 1.82) is 0 Å². The van der Waals surface area contributed by atoms with Crippen molar-refractivity contribution >= 4 is 23.8 Å². The molecule has 0 aromatic heterocycles. The lowest BCUT2D eigenvalue weighted by atomic mass is 9.72. The van der Waals surface area contributed by atoms with Gasteiger partial charge in [-0.2, -0.15) is 0 Å². The van der Waals surface area contributed by atoms with Gasteiger partial charge >= 0.3 is 0 Å². The third kappa shape index (κ3) is 3.58. The van der Waals surface area contributed by atoms with Crippen molar-refractivity contribution < 1.29 is 14.4 Å². The number of rotatable bonds is 6. The predicted octanol–water partition coefficient (Wildman–Crippen LogP) is 3.87. The molecule has 0 N–H and O–H groups in total. The minimum Gasteiger partial charge on any atom is -0.303 e. The van der Waals surface area contributed by atoms with Crippen molar-refractivity contribution in [2.45, 2.75) is 59.3 Å². The summed E-state index contributed by atoms with van der Waals surface area (Å²) < 4.78 is 0. The molecule has 0 spiro atoms. The number of aldehydes is 1. The summed E-state index contributed by atoms with van der Waals surface area (Å²) in [4.78, 5) is 37.0. The van der Waals surface area contributed by atoms with Crippen LogP contribution in [-0.4, -0.2) is 18.1 Å². The lowest BCUT2D eigenvalue weighted by Crippen LogP contribution is -2.31. The van der Waals surface area contributed by atoms with Crippen LogP contribution < -0.4 is 4.90 Å². The van der Waals surface area contributed by atoms with Gasteiger partial charge in [0.05, 0.1) is 5.69 Å². The number of hydrogen-bond acceptors (Lipinski definition) is 3. The minimum atomic E-state index is -0.391. The maximum Gasteiger partial charge on any atom is 0.237 e. The monoisotopic (exact) mass is 329 g/mol. The predicted molar refractivity (Wildman–Crippen MR) is 94.8 cm³/mol. The molecule has 1 aromatic rings. The van der Waals surface area contributed by atoms with Gasteiger partial charge in [-0.05, 0) is 36.0 Å². The van der Waals surface area contributed by atoms with Gasteiger partial charge in [0.25, 0.3) is 0 Å². The molecular weight excluding hydrogens is 302 g/mol. The number of benzene rings is 1. The lowest BCUT2D eigenvalue weighted by Gasteiger charge is -2.32. The standard InChI is InChI=1S/C20H27NO3/c1-6-14-11-17(23)21(18(14)24)16-9-7-15(8-10-16)20(4,5)12-19(2,3)13-22/h7-10,13-14H,6,11-12H2,1-5H3. The van der Waals surface area contributed by atoms with Crippen molar-refractivity contribution in [3.8, 4) is 0 Å². The molecule has 0 radical (unpaired) electrons. The Hall–Kier alpha value is -1.97. The van der Waals surface area contributed by atoms with Gasteiger partial charge in [0.1, 0.15) is 6.29 Å². The van der Waals surface area contributed by atoms with E-state index >= 15 is 0 Å². The van der Waals surface area contributed by atoms with E-state index in [1.807, 2.05) is 45.0 Å². The van der Waals surface area contributed by atoms with Gasteiger partial charge in [-0.15, -0.1) is 0 Å². The van der Waals surface area contributed by atoms with E-state index in [0.29, 0.717) is 18.5 Å². The van der Waals surface area contributed by atoms with Gasteiger partial charge in [0, 0.05) is 17.8 Å². The average Bonchev–Trinajstić information content (AvgIpc) is 2.80. The highest BCUT2D eigenvalue weighted by molar-refractivity contribution is 6.20. The number of anilines is 1. The van der Waals surface area contributed by atoms with Crippen molar-refractivity contribution in [3.05, 3.63) is 29.8 Å². The van der Waals surface area contributed by atoms with E-state index in [9.17, 15) is 14.4 Å². The molecule has 1 unspecified atom stereocenters. The van der Waals surface area contributed by atoms with Crippen molar-refractivity contribution in [3.63, 3.8) is 0 Å². The molecule has 0 aliphatic carbocycles. The second-order valence-electron chi connectivity index (χ2n) is 8.09. The zero-order chi connectivity index (χ0) is 18.1. The zero-order valence-electron chi connectivity index (χ0n) is 15.3. The van der Waals surface area contributed by atoms with Gasteiger partial charge in [-0.1, -0.05) is 46.8 Å². The van der Waals surface area contributed by atoms with Gasteiger partial charge in [-0.25, -0.2) is 0 Å². The van der Waals surface area contributed by atoms with Crippen molar-refractivity contribution in [2.24, 2.45) is 11.3 Å². The largest absolute Gasteiger partial charge is 0.303 e. The van der Waals surface area contributed by atoms with E-state index < -0.39 is 5.41 Å². The van der Waals surface area contributed by atoms with Gasteiger partial charge < -0.3 is 4.79 Å². The van der Waals surface area contributed by atoms with E-state index in [4.69, 9.17) is 0 Å². The van der Waals surface area contributed by atoms with Crippen LogP contribution >= 0.6 is 0 Å². The summed E-state index contributed by atoms with van der Waals surface area (Å²) in [6.45, 7) is 10.0. The molecule has 1 atom stereocenters. The van der Waals surface area contributed by atoms with Crippen molar-refractivity contribution in [2.75, 3.05) is 4.90 Å². The molecule has 4 nitrogen and oxygen atoms in total. The molecule has 0 saturated carbocycles. The molecule has 1 saturated heterocycles. The Balaban J connectivity index is 2.23. The third-order valence-electron chi connectivity index (χ3n) is 4.86. The summed E-state index contributed by atoms with van der Waals surface area (Å²) in [7, 11) is 0. The Labute approximate surface area is 144 Å². The molecular formula is C20H27NO3. The Morgan fingerprint density at radius 1 is 1.12 bits per heavy atom. The molecule has 1 aliphatic heterocycles. The normalized spacial score (nSPS) is 19.0. The van der Waals surface area contributed by atoms with Crippen LogP contribution in [0, 0.1) is 11.3 Å². The first-order valence-corrected chi connectivity index (χ1v) is 8.55. The fourth-order valence-electron chi connectivity index (χ4n) is 3.63. The molecule has 1 aromatic carbocycles. The molecule has 2 rings (SSSR count). The maximum absolute atomic E-state index is 12.3. The second-order valence-corrected chi connectivity index (χ2v) is 8.09. The highest BCUT2D eigenvalue weighted by Gasteiger charge is 2.38. The quantitative estimate of drug-likeness (QED) is 0.588. The highest BCUT2D eigenvalue weighted by Crippen LogP contribution is 2.37. The number of carbonyl (C=O) groups is 3. The molecule has 1 fully saturated rings. The summed E-state index contributed by atoms with van der Waals surface area (Å²) in [6, 6.07) is 7.57. The van der Waals surface area contributed by atoms with Crippen LogP contribution in [0.5, 0.6) is 0 Å². The Bertz CT molecular complexity index is 643. The van der Waals surface area contributed by atoms with E-state index in [0.717, 1.165) is 18.3 Å². The number of hydrogen-bond donors (Lipinski definition) is 0. The highest BCUT2D eigenvalue weighted by atomic mass is 16.2. The Morgan fingerprint density at radius 3 is 2.17 bits per heavy atom. The van der Waals surface area contributed by atoms with E-state index in [1.54, 1.807) is 0 Å². The lowest BCUT2D eigenvalue weighted by molar-refractivity contribution is -0.122. The van der Waals surface area contributed by atoms with Crippen LogP contribution in [0.1, 0.15) is 59.4 Å². The molecule has 2 amide bonds. The van der Waals surface area contributed by atoms with Crippen LogP contribution in [0.25, 0.3) is 0 Å². The van der Waals surface area contributed by atoms with Gasteiger partial charge in [0.15, 0.2) is 0 Å². The fraction of sp³-hybridized carbons (Fsp3) is 0.550. The molecule has 130 valence electrons. The first-order chi connectivity index (χ1) is 11.1. The van der Waals surface area contributed by atoms with Crippen molar-refractivity contribution in [1.82, 2.24) is 0 Å². The average molecular weight is 329 g/mol. The van der Waals surface area contributed by atoms with Crippen LogP contribution in [-0.2, 0) is 19.8 Å². The summed E-state index contributed by atoms with van der Waals surface area (Å²) in [5.41, 5.74) is 1.16. The molecule has 4 heteroatoms. The van der Waals surface area contributed by atoms with Crippen LogP contribution in [0.15, 0.2) is 24.3 Å². The number of nitrogens with zero attached hydrogens (tertiary/aromatic N) is 1. The van der Waals surface area contributed by atoms with Crippen LogP contribution in [0.2, 0.25) is 0 Å². The Morgan fingerprint density at radius 2 is 1.71 bits per heavy atom. The second kappa shape index (κ2) is 6.50. The third-order valence-corrected chi connectivity index (χ3v) is 4.86. The number of imide groups is 1. The number of carbonyl (C=O) groups excluding carboxylic acids is 3. The topological polar surface area (TPSA) is 54.5 Å². The maximum atomic E-state index is 12.3. The molecule has 1 aliphatic rings. The molecule has 0 bridgehead atoms. The summed E-state index contributed by atoms with van der Waals surface area (Å²) in [5, 5.41) is 0. The zero-order valence-corrected chi connectivity index (χ0v) is 15.3. The van der Waals surface area contributed by atoms with Gasteiger partial charge in [-0.3, -0.25) is 14.5 Å². The number of amides is 2. The first kappa shape index (κ1) is 18.4. The minimum absolute atomic E-state index is 0.100. The summed E-state index contributed by atoms with van der Waals surface area (Å²) >= 11 is 0. The van der Waals surface area contributed by atoms with E-state index in [2.05, 4.69) is 13.8 Å². The van der Waals surface area contributed by atoms with Gasteiger partial charge in [0.2, 0.25) is 11.8 Å². The molecule has 24 heavy (non-hydrogen) atoms. The van der Waals surface area contributed by atoms with Crippen LogP contribution in [0.3, 0.4) is 0 Å². The SMILES string of the molecule is CCC1CC(=O)N(c2ccc(C(C)(C)CC(C)(C)C=O)cc2)C1=O. The Kier molecular flexibility index (Phi) is 4.97. The molecule has 1 heterocycles. The van der Waals surface area contributed by atoms with E-state index in [1.165, 1.54) is 4.90 Å². The fourth-order valence-corrected chi connectivity index (χ4v) is 3.63.